The highest BCUT2D eigenvalue weighted by atomic mass is 16.5. The number of carbonyl (C=O) groups excluding carboxylic acids is 1. The molecule has 0 aromatic heterocycles. The molecule has 0 heterocycles. The van der Waals surface area contributed by atoms with Crippen LogP contribution in [0.2, 0.25) is 0 Å². The van der Waals surface area contributed by atoms with E-state index in [-0.39, 0.29) is 18.0 Å². The molecule has 3 heteroatoms. The summed E-state index contributed by atoms with van der Waals surface area (Å²) in [4.78, 5) is 11.4. The van der Waals surface area contributed by atoms with Crippen molar-refractivity contribution < 1.29 is 9.53 Å². The van der Waals surface area contributed by atoms with Gasteiger partial charge < -0.3 is 10.5 Å². The summed E-state index contributed by atoms with van der Waals surface area (Å²) in [7, 11) is 0. The van der Waals surface area contributed by atoms with Crippen molar-refractivity contribution in [2.45, 2.75) is 52.7 Å². The number of esters is 1. The van der Waals surface area contributed by atoms with E-state index in [2.05, 4.69) is 0 Å². The summed E-state index contributed by atoms with van der Waals surface area (Å²) >= 11 is 0. The Kier molecular flexibility index (Phi) is 5.71. The van der Waals surface area contributed by atoms with E-state index in [0.29, 0.717) is 0 Å². The first-order chi connectivity index (χ1) is 6.02. The zero-order valence-corrected chi connectivity index (χ0v) is 9.04. The molecule has 78 valence electrons. The largest absolute Gasteiger partial charge is 0.461 e. The maximum Gasteiger partial charge on any atom is 0.323 e. The van der Waals surface area contributed by atoms with E-state index < -0.39 is 6.04 Å². The van der Waals surface area contributed by atoms with Gasteiger partial charge in [-0.05, 0) is 18.8 Å². The van der Waals surface area contributed by atoms with Gasteiger partial charge >= 0.3 is 5.97 Å². The highest BCUT2D eigenvalue weighted by Crippen LogP contribution is 2.07. The van der Waals surface area contributed by atoms with Crippen LogP contribution < -0.4 is 5.73 Å². The molecule has 0 aromatic rings. The van der Waals surface area contributed by atoms with Gasteiger partial charge in [-0.2, -0.15) is 0 Å². The van der Waals surface area contributed by atoms with E-state index >= 15 is 0 Å². The van der Waals surface area contributed by atoms with E-state index in [1.807, 2.05) is 27.7 Å². The van der Waals surface area contributed by atoms with Gasteiger partial charge in [-0.3, -0.25) is 4.79 Å². The standard InChI is InChI=1S/C10H21NO2/c1-5-8(6-2)13-10(12)9(11)7(3)4/h7-9H,5-6,11H2,1-4H3/t9-/m0/s1. The molecule has 0 spiro atoms. The van der Waals surface area contributed by atoms with Gasteiger partial charge in [0.15, 0.2) is 0 Å². The lowest BCUT2D eigenvalue weighted by atomic mass is 10.1. The number of carbonyl (C=O) groups is 1. The molecule has 0 bridgehead atoms. The van der Waals surface area contributed by atoms with Crippen LogP contribution in [0.15, 0.2) is 0 Å². The average Bonchev–Trinajstić information content (AvgIpc) is 2.12. The summed E-state index contributed by atoms with van der Waals surface area (Å²) < 4.78 is 5.21. The summed E-state index contributed by atoms with van der Waals surface area (Å²) in [6.45, 7) is 7.84. The Bertz CT molecular complexity index is 153. The summed E-state index contributed by atoms with van der Waals surface area (Å²) in [5, 5.41) is 0. The number of hydrogen-bond acceptors (Lipinski definition) is 3. The van der Waals surface area contributed by atoms with Crippen molar-refractivity contribution in [2.24, 2.45) is 11.7 Å². The Morgan fingerprint density at radius 2 is 1.77 bits per heavy atom. The molecule has 3 nitrogen and oxygen atoms in total. The smallest absolute Gasteiger partial charge is 0.323 e. The highest BCUT2D eigenvalue weighted by molar-refractivity contribution is 5.75. The third kappa shape index (κ3) is 4.27. The van der Waals surface area contributed by atoms with Crippen molar-refractivity contribution in [3.05, 3.63) is 0 Å². The zero-order chi connectivity index (χ0) is 10.4. The van der Waals surface area contributed by atoms with Gasteiger partial charge in [-0.15, -0.1) is 0 Å². The summed E-state index contributed by atoms with van der Waals surface area (Å²) in [5.74, 6) is -0.134. The molecule has 0 rings (SSSR count). The SMILES string of the molecule is CCC(CC)OC(=O)[C@@H](N)C(C)C. The van der Waals surface area contributed by atoms with Crippen molar-refractivity contribution in [2.75, 3.05) is 0 Å². The molecule has 2 N–H and O–H groups in total. The lowest BCUT2D eigenvalue weighted by molar-refractivity contribution is -0.152. The fraction of sp³-hybridized carbons (Fsp3) is 0.900. The van der Waals surface area contributed by atoms with Gasteiger partial charge in [0.25, 0.3) is 0 Å². The summed E-state index contributed by atoms with van der Waals surface area (Å²) in [5.41, 5.74) is 5.64. The van der Waals surface area contributed by atoms with Crippen molar-refractivity contribution in [1.82, 2.24) is 0 Å². The summed E-state index contributed by atoms with van der Waals surface area (Å²) in [6.07, 6.45) is 1.73. The van der Waals surface area contributed by atoms with E-state index in [0.717, 1.165) is 12.8 Å². The monoisotopic (exact) mass is 187 g/mol. The molecule has 0 amide bonds. The Labute approximate surface area is 80.6 Å². The van der Waals surface area contributed by atoms with Crippen molar-refractivity contribution in [3.63, 3.8) is 0 Å². The van der Waals surface area contributed by atoms with Crippen LogP contribution in [0.1, 0.15) is 40.5 Å². The van der Waals surface area contributed by atoms with Crippen LogP contribution in [0.4, 0.5) is 0 Å². The van der Waals surface area contributed by atoms with Gasteiger partial charge in [0, 0.05) is 0 Å². The molecule has 0 saturated carbocycles. The second kappa shape index (κ2) is 5.97. The minimum atomic E-state index is -0.486. The van der Waals surface area contributed by atoms with Gasteiger partial charge in [0.05, 0.1) is 0 Å². The molecular weight excluding hydrogens is 166 g/mol. The normalized spacial score (nSPS) is 13.5. The average molecular weight is 187 g/mol. The number of ether oxygens (including phenoxy) is 1. The maximum atomic E-state index is 11.4. The number of rotatable bonds is 5. The van der Waals surface area contributed by atoms with Crippen LogP contribution >= 0.6 is 0 Å². The molecule has 0 aliphatic rings. The Morgan fingerprint density at radius 1 is 1.31 bits per heavy atom. The van der Waals surface area contributed by atoms with E-state index in [1.165, 1.54) is 0 Å². The minimum Gasteiger partial charge on any atom is -0.461 e. The van der Waals surface area contributed by atoms with Crippen LogP contribution in [-0.2, 0) is 9.53 Å². The first kappa shape index (κ1) is 12.4. The van der Waals surface area contributed by atoms with Gasteiger partial charge in [-0.1, -0.05) is 27.7 Å². The van der Waals surface area contributed by atoms with Crippen LogP contribution in [0.5, 0.6) is 0 Å². The molecule has 0 saturated heterocycles. The highest BCUT2D eigenvalue weighted by Gasteiger charge is 2.21. The van der Waals surface area contributed by atoms with Gasteiger partial charge in [-0.25, -0.2) is 0 Å². The van der Waals surface area contributed by atoms with Crippen LogP contribution in [0.3, 0.4) is 0 Å². The van der Waals surface area contributed by atoms with Crippen LogP contribution in [0.25, 0.3) is 0 Å². The Morgan fingerprint density at radius 3 is 2.08 bits per heavy atom. The molecule has 0 aromatic carbocycles. The van der Waals surface area contributed by atoms with Crippen molar-refractivity contribution >= 4 is 5.97 Å². The number of nitrogens with two attached hydrogens (primary N) is 1. The number of hydrogen-bond donors (Lipinski definition) is 1. The van der Waals surface area contributed by atoms with E-state index in [9.17, 15) is 4.79 Å². The predicted molar refractivity (Wildman–Crippen MR) is 53.3 cm³/mol. The Hall–Kier alpha value is -0.570. The Balaban J connectivity index is 3.98. The molecule has 0 unspecified atom stereocenters. The summed E-state index contributed by atoms with van der Waals surface area (Å²) in [6, 6.07) is -0.486. The first-order valence-corrected chi connectivity index (χ1v) is 4.98. The fourth-order valence-electron chi connectivity index (χ4n) is 0.970. The molecular formula is C10H21NO2. The first-order valence-electron chi connectivity index (χ1n) is 4.98. The van der Waals surface area contributed by atoms with Gasteiger partial charge in [0.1, 0.15) is 12.1 Å². The van der Waals surface area contributed by atoms with Crippen LogP contribution in [-0.4, -0.2) is 18.1 Å². The van der Waals surface area contributed by atoms with Gasteiger partial charge in [0.2, 0.25) is 0 Å². The fourth-order valence-corrected chi connectivity index (χ4v) is 0.970. The predicted octanol–water partition coefficient (Wildman–Crippen LogP) is 1.70. The molecule has 1 atom stereocenters. The second-order valence-corrected chi connectivity index (χ2v) is 3.65. The third-order valence-electron chi connectivity index (χ3n) is 2.18. The van der Waals surface area contributed by atoms with E-state index in [4.69, 9.17) is 10.5 Å². The quantitative estimate of drug-likeness (QED) is 0.666. The molecule has 13 heavy (non-hydrogen) atoms. The lowest BCUT2D eigenvalue weighted by Crippen LogP contribution is -2.38. The molecule has 0 radical (unpaired) electrons. The maximum absolute atomic E-state index is 11.4. The third-order valence-corrected chi connectivity index (χ3v) is 2.18. The minimum absolute atomic E-state index is 0.0253. The molecule has 0 aliphatic heterocycles. The van der Waals surface area contributed by atoms with Crippen molar-refractivity contribution in [3.8, 4) is 0 Å². The van der Waals surface area contributed by atoms with Crippen molar-refractivity contribution in [1.29, 1.82) is 0 Å². The topological polar surface area (TPSA) is 52.3 Å². The van der Waals surface area contributed by atoms with Crippen LogP contribution in [0, 0.1) is 5.92 Å². The lowest BCUT2D eigenvalue weighted by Gasteiger charge is -2.19. The zero-order valence-electron chi connectivity index (χ0n) is 9.04. The molecule has 0 aliphatic carbocycles. The molecule has 0 fully saturated rings. The second-order valence-electron chi connectivity index (χ2n) is 3.65. The van der Waals surface area contributed by atoms with E-state index in [1.54, 1.807) is 0 Å².